The van der Waals surface area contributed by atoms with Gasteiger partial charge in [-0.15, -0.1) is 0 Å². The van der Waals surface area contributed by atoms with E-state index in [1.165, 1.54) is 12.1 Å². The van der Waals surface area contributed by atoms with Crippen molar-refractivity contribution < 1.29 is 24.4 Å². The Hall–Kier alpha value is -2.70. The average Bonchev–Trinajstić information content (AvgIpc) is 2.35. The summed E-state index contributed by atoms with van der Waals surface area (Å²) in [5.41, 5.74) is -0.789. The van der Waals surface area contributed by atoms with Crippen LogP contribution in [0, 0.1) is 10.1 Å². The maximum Gasteiger partial charge on any atom is 0.336 e. The summed E-state index contributed by atoms with van der Waals surface area (Å²) in [4.78, 5) is 32.3. The van der Waals surface area contributed by atoms with Gasteiger partial charge in [-0.1, -0.05) is 6.07 Å². The first-order valence-electron chi connectivity index (χ1n) is 5.33. The number of carboxylic acids is 1. The molecule has 7 nitrogen and oxygen atoms in total. The number of hydrogen-bond acceptors (Lipinski definition) is 5. The fraction of sp³-hybridized carbons (Fsp3) is 0.167. The van der Waals surface area contributed by atoms with Crippen LogP contribution in [0.15, 0.2) is 24.3 Å². The van der Waals surface area contributed by atoms with Crippen molar-refractivity contribution in [3.8, 4) is 0 Å². The lowest BCUT2D eigenvalue weighted by atomic mass is 10.0. The van der Waals surface area contributed by atoms with Crippen molar-refractivity contribution in [1.29, 1.82) is 0 Å². The van der Waals surface area contributed by atoms with Crippen LogP contribution in [0.3, 0.4) is 0 Å². The molecule has 1 N–H and O–H groups in total. The molecule has 0 aromatic heterocycles. The quantitative estimate of drug-likeness (QED) is 0.377. The molecule has 0 bridgehead atoms. The maximum atomic E-state index is 11.2. The van der Waals surface area contributed by atoms with Crippen molar-refractivity contribution in [3.05, 3.63) is 45.5 Å². The molecule has 0 unspecified atom stereocenters. The zero-order valence-electron chi connectivity index (χ0n) is 10.0. The van der Waals surface area contributed by atoms with Gasteiger partial charge in [-0.3, -0.25) is 10.1 Å². The van der Waals surface area contributed by atoms with E-state index >= 15 is 0 Å². The van der Waals surface area contributed by atoms with Crippen molar-refractivity contribution in [1.82, 2.24) is 0 Å². The summed E-state index contributed by atoms with van der Waals surface area (Å²) < 4.78 is 4.62. The molecule has 7 heteroatoms. The van der Waals surface area contributed by atoms with E-state index in [2.05, 4.69) is 4.74 Å². The first-order valence-corrected chi connectivity index (χ1v) is 5.33. The number of nitro benzene ring substituents is 1. The zero-order valence-corrected chi connectivity index (χ0v) is 10.0. The Balaban J connectivity index is 3.26. The highest BCUT2D eigenvalue weighted by Crippen LogP contribution is 2.24. The lowest BCUT2D eigenvalue weighted by molar-refractivity contribution is -0.385. The number of hydrogen-bond donors (Lipinski definition) is 1. The Kier molecular flexibility index (Phi) is 4.76. The summed E-state index contributed by atoms with van der Waals surface area (Å²) in [6, 6.07) is 3.65. The molecule has 0 spiro atoms. The molecule has 1 aromatic rings. The molecular formula is C12H11NO6. The lowest BCUT2D eigenvalue weighted by Crippen LogP contribution is -2.04. The number of carboxylic acid groups (broad SMARTS) is 1. The van der Waals surface area contributed by atoms with E-state index < -0.39 is 16.9 Å². The number of nitrogens with zero attached hydrogens (tertiary/aromatic N) is 1. The Morgan fingerprint density at radius 3 is 2.68 bits per heavy atom. The van der Waals surface area contributed by atoms with Crippen LogP contribution < -0.4 is 0 Å². The van der Waals surface area contributed by atoms with Gasteiger partial charge in [0.05, 0.1) is 22.7 Å². The van der Waals surface area contributed by atoms with E-state index in [9.17, 15) is 19.7 Å². The number of rotatable bonds is 5. The minimum Gasteiger partial charge on any atom is -0.478 e. The molecule has 0 saturated heterocycles. The summed E-state index contributed by atoms with van der Waals surface area (Å²) in [5, 5.41) is 19.8. The number of esters is 1. The molecule has 0 aliphatic heterocycles. The van der Waals surface area contributed by atoms with Gasteiger partial charge >= 0.3 is 11.9 Å². The number of ether oxygens (including phenoxy) is 1. The number of benzene rings is 1. The molecule has 0 fully saturated rings. The van der Waals surface area contributed by atoms with Gasteiger partial charge in [0.2, 0.25) is 0 Å². The van der Waals surface area contributed by atoms with E-state index in [-0.39, 0.29) is 23.4 Å². The number of carbonyl (C=O) groups excluding carboxylic acids is 1. The minimum atomic E-state index is -1.31. The van der Waals surface area contributed by atoms with Crippen molar-refractivity contribution in [2.45, 2.75) is 6.92 Å². The van der Waals surface area contributed by atoms with Crippen LogP contribution >= 0.6 is 0 Å². The normalized spacial score (nSPS) is 10.4. The molecule has 0 amide bonds. The van der Waals surface area contributed by atoms with Crippen LogP contribution in [0.25, 0.3) is 6.08 Å². The molecule has 0 heterocycles. The van der Waals surface area contributed by atoms with E-state index in [0.717, 1.165) is 18.2 Å². The number of nitro groups is 1. The fourth-order valence-corrected chi connectivity index (χ4v) is 1.42. The van der Waals surface area contributed by atoms with Crippen LogP contribution in [-0.4, -0.2) is 28.6 Å². The van der Waals surface area contributed by atoms with Gasteiger partial charge in [0.25, 0.3) is 5.69 Å². The van der Waals surface area contributed by atoms with Gasteiger partial charge < -0.3 is 9.84 Å². The summed E-state index contributed by atoms with van der Waals surface area (Å²) in [6.07, 6.45) is 2.03. The number of aromatic carboxylic acids is 1. The molecular weight excluding hydrogens is 254 g/mol. The molecule has 0 aliphatic carbocycles. The van der Waals surface area contributed by atoms with Crippen LogP contribution in [0.5, 0.6) is 0 Å². The minimum absolute atomic E-state index is 0.145. The monoisotopic (exact) mass is 265 g/mol. The third-order valence-electron chi connectivity index (χ3n) is 2.18. The second-order valence-corrected chi connectivity index (χ2v) is 3.39. The number of carbonyl (C=O) groups is 2. The molecule has 0 aliphatic rings. The van der Waals surface area contributed by atoms with Gasteiger partial charge in [-0.25, -0.2) is 9.59 Å². The van der Waals surface area contributed by atoms with Crippen LogP contribution in [0.1, 0.15) is 22.8 Å². The first-order chi connectivity index (χ1) is 8.97. The topological polar surface area (TPSA) is 107 Å². The van der Waals surface area contributed by atoms with E-state index in [1.54, 1.807) is 6.92 Å². The maximum absolute atomic E-state index is 11.2. The average molecular weight is 265 g/mol. The molecule has 100 valence electrons. The Bertz CT molecular complexity index is 517. The predicted octanol–water partition coefficient (Wildman–Crippen LogP) is 1.87. The molecule has 1 aromatic carbocycles. The highest BCUT2D eigenvalue weighted by Gasteiger charge is 2.19. The molecule has 1 rings (SSSR count). The smallest absolute Gasteiger partial charge is 0.336 e. The standard InChI is InChI=1S/C12H11NO6/c1-2-19-11(14)7-6-8-9(12(15)16)4-3-5-10(8)13(17)18/h3-7H,2H2,1H3,(H,15,16). The van der Waals surface area contributed by atoms with E-state index in [1.807, 2.05) is 0 Å². The highest BCUT2D eigenvalue weighted by atomic mass is 16.6. The second kappa shape index (κ2) is 6.29. The Labute approximate surface area is 108 Å². The summed E-state index contributed by atoms with van der Waals surface area (Å²) in [6.45, 7) is 1.77. The SMILES string of the molecule is CCOC(=O)C=Cc1c(C(=O)O)cccc1[N+](=O)[O-]. The third kappa shape index (κ3) is 3.63. The molecule has 0 saturated carbocycles. The Morgan fingerprint density at radius 2 is 2.16 bits per heavy atom. The first kappa shape index (κ1) is 14.4. The van der Waals surface area contributed by atoms with Crippen molar-refractivity contribution in [3.63, 3.8) is 0 Å². The van der Waals surface area contributed by atoms with Crippen LogP contribution in [-0.2, 0) is 9.53 Å². The zero-order chi connectivity index (χ0) is 14.4. The summed E-state index contributed by atoms with van der Waals surface area (Å²) in [7, 11) is 0. The summed E-state index contributed by atoms with van der Waals surface area (Å²) >= 11 is 0. The van der Waals surface area contributed by atoms with E-state index in [0.29, 0.717) is 0 Å². The Morgan fingerprint density at radius 1 is 1.47 bits per heavy atom. The molecule has 0 radical (unpaired) electrons. The van der Waals surface area contributed by atoms with E-state index in [4.69, 9.17) is 5.11 Å². The molecule has 19 heavy (non-hydrogen) atoms. The van der Waals surface area contributed by atoms with Gasteiger partial charge in [0, 0.05) is 12.1 Å². The highest BCUT2D eigenvalue weighted by molar-refractivity contribution is 5.96. The van der Waals surface area contributed by atoms with Gasteiger partial charge in [-0.05, 0) is 19.1 Å². The third-order valence-corrected chi connectivity index (χ3v) is 2.18. The van der Waals surface area contributed by atoms with Crippen molar-refractivity contribution >= 4 is 23.7 Å². The largest absolute Gasteiger partial charge is 0.478 e. The lowest BCUT2D eigenvalue weighted by Gasteiger charge is -2.02. The van der Waals surface area contributed by atoms with Crippen molar-refractivity contribution in [2.75, 3.05) is 6.61 Å². The van der Waals surface area contributed by atoms with Gasteiger partial charge in [0.15, 0.2) is 0 Å². The predicted molar refractivity (Wildman–Crippen MR) is 65.7 cm³/mol. The molecule has 0 atom stereocenters. The van der Waals surface area contributed by atoms with Gasteiger partial charge in [0.1, 0.15) is 0 Å². The van der Waals surface area contributed by atoms with Gasteiger partial charge in [-0.2, -0.15) is 0 Å². The van der Waals surface area contributed by atoms with Crippen LogP contribution in [0.2, 0.25) is 0 Å². The fourth-order valence-electron chi connectivity index (χ4n) is 1.42. The van der Waals surface area contributed by atoms with Crippen LogP contribution in [0.4, 0.5) is 5.69 Å². The van der Waals surface area contributed by atoms with Crippen molar-refractivity contribution in [2.24, 2.45) is 0 Å². The second-order valence-electron chi connectivity index (χ2n) is 3.39. The summed E-state index contributed by atoms with van der Waals surface area (Å²) in [5.74, 6) is -2.01.